The molecule has 0 radical (unpaired) electrons. The number of halogens is 3. The lowest BCUT2D eigenvalue weighted by Crippen LogP contribution is -2.33. The van der Waals surface area contributed by atoms with Gasteiger partial charge in [-0.05, 0) is 54.4 Å². The fourth-order valence-electron chi connectivity index (χ4n) is 3.66. The highest BCUT2D eigenvalue weighted by Gasteiger charge is 2.28. The predicted molar refractivity (Wildman–Crippen MR) is 119 cm³/mol. The third kappa shape index (κ3) is 5.11. The van der Waals surface area contributed by atoms with E-state index >= 15 is 0 Å². The van der Waals surface area contributed by atoms with E-state index in [1.807, 2.05) is 41.3 Å². The predicted octanol–water partition coefficient (Wildman–Crippen LogP) is 4.47. The number of sulfonamides is 1. The number of fused-ring (bicyclic) bond motifs is 1. The molecule has 1 amide bonds. The molecule has 33 heavy (non-hydrogen) atoms. The van der Waals surface area contributed by atoms with Crippen LogP contribution in [0.15, 0.2) is 77.7 Å². The van der Waals surface area contributed by atoms with Crippen LogP contribution in [0.1, 0.15) is 15.9 Å². The molecule has 0 unspecified atom stereocenters. The molecule has 0 spiro atoms. The number of nitrogens with one attached hydrogen (secondary N) is 2. The number of carbonyl (C=O) groups excluding carboxylic acids is 1. The minimum atomic E-state index is -4.54. The fourth-order valence-corrected chi connectivity index (χ4v) is 4.73. The lowest BCUT2D eigenvalue weighted by atomic mass is 10.2. The second kappa shape index (κ2) is 8.78. The fraction of sp³-hybridized carbons (Fsp3) is 0.174. The van der Waals surface area contributed by atoms with Crippen molar-refractivity contribution in [3.63, 3.8) is 0 Å². The van der Waals surface area contributed by atoms with Crippen molar-refractivity contribution in [3.05, 3.63) is 83.9 Å². The molecule has 0 aliphatic carbocycles. The van der Waals surface area contributed by atoms with Crippen LogP contribution in [0.25, 0.3) is 0 Å². The van der Waals surface area contributed by atoms with Gasteiger partial charge in [-0.3, -0.25) is 9.52 Å². The van der Waals surface area contributed by atoms with Crippen LogP contribution >= 0.6 is 0 Å². The number of nitrogens with zero attached hydrogens (tertiary/aromatic N) is 1. The number of hydrogen-bond acceptors (Lipinski definition) is 4. The lowest BCUT2D eigenvalue weighted by molar-refractivity contribution is -0.123. The number of amides is 1. The Kier molecular flexibility index (Phi) is 6.03. The molecule has 1 aliphatic rings. The highest BCUT2D eigenvalue weighted by Crippen LogP contribution is 2.38. The Labute approximate surface area is 189 Å². The molecular formula is C23H20F3N3O3S. The molecule has 0 saturated heterocycles. The van der Waals surface area contributed by atoms with Crippen molar-refractivity contribution < 1.29 is 26.4 Å². The topological polar surface area (TPSA) is 78.5 Å². The minimum absolute atomic E-state index is 0.0766. The van der Waals surface area contributed by atoms with Gasteiger partial charge in [0.05, 0.1) is 16.3 Å². The maximum absolute atomic E-state index is 13.0. The SMILES string of the molecule is O=C(NCC(F)(F)F)c1ccc(S(=O)(=O)Nc2ccccc2N2CCc3ccccc32)cc1. The van der Waals surface area contributed by atoms with E-state index in [1.165, 1.54) is 29.8 Å². The van der Waals surface area contributed by atoms with E-state index in [4.69, 9.17) is 0 Å². The number of rotatable bonds is 6. The Balaban J connectivity index is 1.54. The molecule has 4 rings (SSSR count). The Morgan fingerprint density at radius 3 is 2.24 bits per heavy atom. The van der Waals surface area contributed by atoms with Gasteiger partial charge in [-0.2, -0.15) is 13.2 Å². The van der Waals surface area contributed by atoms with Crippen molar-refractivity contribution in [1.82, 2.24) is 5.32 Å². The van der Waals surface area contributed by atoms with Crippen molar-refractivity contribution >= 4 is 33.0 Å². The van der Waals surface area contributed by atoms with Crippen molar-refractivity contribution in [2.75, 3.05) is 22.7 Å². The molecule has 1 aliphatic heterocycles. The van der Waals surface area contributed by atoms with Crippen LogP contribution in [0.5, 0.6) is 0 Å². The number of carbonyl (C=O) groups is 1. The van der Waals surface area contributed by atoms with Crippen LogP contribution in [-0.4, -0.2) is 33.6 Å². The molecule has 0 atom stereocenters. The zero-order valence-corrected chi connectivity index (χ0v) is 18.1. The zero-order chi connectivity index (χ0) is 23.6. The Morgan fingerprint density at radius 2 is 1.55 bits per heavy atom. The highest BCUT2D eigenvalue weighted by molar-refractivity contribution is 7.92. The van der Waals surface area contributed by atoms with Crippen LogP contribution in [-0.2, 0) is 16.4 Å². The third-order valence-corrected chi connectivity index (χ3v) is 6.58. The second-order valence-corrected chi connectivity index (χ2v) is 9.16. The van der Waals surface area contributed by atoms with Gasteiger partial charge in [0.1, 0.15) is 6.54 Å². The number of hydrogen-bond donors (Lipinski definition) is 2. The summed E-state index contributed by atoms with van der Waals surface area (Å²) in [6, 6.07) is 19.6. The number of benzene rings is 3. The smallest absolute Gasteiger partial charge is 0.343 e. The normalized spacial score (nSPS) is 13.5. The summed E-state index contributed by atoms with van der Waals surface area (Å²) in [4.78, 5) is 13.8. The van der Waals surface area contributed by atoms with E-state index in [0.29, 0.717) is 17.9 Å². The molecule has 0 saturated carbocycles. The molecule has 172 valence electrons. The summed E-state index contributed by atoms with van der Waals surface area (Å²) in [5.74, 6) is -0.942. The van der Waals surface area contributed by atoms with Crippen molar-refractivity contribution in [3.8, 4) is 0 Å². The summed E-state index contributed by atoms with van der Waals surface area (Å²) >= 11 is 0. The highest BCUT2D eigenvalue weighted by atomic mass is 32.2. The van der Waals surface area contributed by atoms with Gasteiger partial charge >= 0.3 is 6.18 Å². The molecule has 2 N–H and O–H groups in total. The molecule has 10 heteroatoms. The molecular weight excluding hydrogens is 455 g/mol. The molecule has 0 fully saturated rings. The first-order chi connectivity index (χ1) is 15.6. The Hall–Kier alpha value is -3.53. The van der Waals surface area contributed by atoms with E-state index in [0.717, 1.165) is 12.1 Å². The first-order valence-corrected chi connectivity index (χ1v) is 11.5. The van der Waals surface area contributed by atoms with Crippen molar-refractivity contribution in [2.24, 2.45) is 0 Å². The van der Waals surface area contributed by atoms with Crippen molar-refractivity contribution in [2.45, 2.75) is 17.5 Å². The monoisotopic (exact) mass is 475 g/mol. The molecule has 3 aromatic rings. The van der Waals surface area contributed by atoms with Crippen LogP contribution in [0.4, 0.5) is 30.2 Å². The van der Waals surface area contributed by atoms with E-state index < -0.39 is 28.7 Å². The van der Waals surface area contributed by atoms with Gasteiger partial charge < -0.3 is 10.2 Å². The van der Waals surface area contributed by atoms with Crippen LogP contribution in [0, 0.1) is 0 Å². The number of para-hydroxylation sites is 3. The van der Waals surface area contributed by atoms with Crippen LogP contribution in [0.3, 0.4) is 0 Å². The van der Waals surface area contributed by atoms with Crippen LogP contribution in [0.2, 0.25) is 0 Å². The van der Waals surface area contributed by atoms with E-state index in [-0.39, 0.29) is 10.5 Å². The molecule has 1 heterocycles. The summed E-state index contributed by atoms with van der Waals surface area (Å²) in [5.41, 5.74) is 3.20. The van der Waals surface area contributed by atoms with E-state index in [9.17, 15) is 26.4 Å². The second-order valence-electron chi connectivity index (χ2n) is 7.48. The summed E-state index contributed by atoms with van der Waals surface area (Å²) in [7, 11) is -4.01. The summed E-state index contributed by atoms with van der Waals surface area (Å²) in [5, 5.41) is 1.75. The van der Waals surface area contributed by atoms with Gasteiger partial charge in [0, 0.05) is 17.8 Å². The van der Waals surface area contributed by atoms with Gasteiger partial charge in [-0.25, -0.2) is 8.42 Å². The molecule has 6 nitrogen and oxygen atoms in total. The molecule has 0 bridgehead atoms. The minimum Gasteiger partial charge on any atom is -0.343 e. The molecule has 3 aromatic carbocycles. The average molecular weight is 475 g/mol. The maximum atomic E-state index is 13.0. The van der Waals surface area contributed by atoms with E-state index in [1.54, 1.807) is 17.4 Å². The van der Waals surface area contributed by atoms with Gasteiger partial charge in [0.2, 0.25) is 0 Å². The van der Waals surface area contributed by atoms with Crippen molar-refractivity contribution in [1.29, 1.82) is 0 Å². The van der Waals surface area contributed by atoms with Gasteiger partial charge in [-0.15, -0.1) is 0 Å². The third-order valence-electron chi connectivity index (χ3n) is 5.20. The standard InChI is InChI=1S/C23H20F3N3O3S/c24-23(25,26)15-27-22(30)17-9-11-18(12-10-17)33(31,32)28-19-6-2-4-8-21(19)29-14-13-16-5-1-3-7-20(16)29/h1-12,28H,13-15H2,(H,27,30). The Morgan fingerprint density at radius 1 is 0.909 bits per heavy atom. The zero-order valence-electron chi connectivity index (χ0n) is 17.3. The van der Waals surface area contributed by atoms with Crippen LogP contribution < -0.4 is 14.9 Å². The number of anilines is 3. The lowest BCUT2D eigenvalue weighted by Gasteiger charge is -2.23. The summed E-state index contributed by atoms with van der Waals surface area (Å²) in [6.07, 6.45) is -3.69. The summed E-state index contributed by atoms with van der Waals surface area (Å²) < 4.78 is 65.4. The average Bonchev–Trinajstić information content (AvgIpc) is 3.21. The first kappa shape index (κ1) is 22.7. The van der Waals surface area contributed by atoms with Gasteiger partial charge in [0.15, 0.2) is 0 Å². The summed E-state index contributed by atoms with van der Waals surface area (Å²) in [6.45, 7) is -0.760. The van der Waals surface area contributed by atoms with Gasteiger partial charge in [-0.1, -0.05) is 30.3 Å². The largest absolute Gasteiger partial charge is 0.405 e. The Bertz CT molecular complexity index is 1280. The maximum Gasteiger partial charge on any atom is 0.405 e. The van der Waals surface area contributed by atoms with Gasteiger partial charge in [0.25, 0.3) is 15.9 Å². The molecule has 0 aromatic heterocycles. The quantitative estimate of drug-likeness (QED) is 0.551. The van der Waals surface area contributed by atoms with E-state index in [2.05, 4.69) is 4.72 Å². The number of alkyl halides is 3. The first-order valence-electron chi connectivity index (χ1n) is 10.1.